The minimum Gasteiger partial charge on any atom is -0.451 e. The van der Waals surface area contributed by atoms with Crippen molar-refractivity contribution in [3.8, 4) is 0 Å². The fourth-order valence-corrected chi connectivity index (χ4v) is 2.54. The van der Waals surface area contributed by atoms with E-state index >= 15 is 0 Å². The number of hydrogen-bond acceptors (Lipinski definition) is 3. The quantitative estimate of drug-likeness (QED) is 0.932. The van der Waals surface area contributed by atoms with Gasteiger partial charge in [-0.15, -0.1) is 0 Å². The summed E-state index contributed by atoms with van der Waals surface area (Å²) in [6, 6.07) is 10.3. The zero-order valence-corrected chi connectivity index (χ0v) is 11.2. The molecule has 3 rings (SSSR count). The lowest BCUT2D eigenvalue weighted by Gasteiger charge is -2.17. The lowest BCUT2D eigenvalue weighted by molar-refractivity contribution is 0.207. The second-order valence-electron chi connectivity index (χ2n) is 4.98. The van der Waals surface area contributed by atoms with Crippen LogP contribution in [0, 0.1) is 0 Å². The molecule has 2 aromatic rings. The Balaban J connectivity index is 1.53. The van der Waals surface area contributed by atoms with Gasteiger partial charge in [0.1, 0.15) is 6.26 Å². The molecule has 2 heterocycles. The fraction of sp³-hybridized carbons (Fsp3) is 0.333. The van der Waals surface area contributed by atoms with Gasteiger partial charge in [-0.05, 0) is 12.0 Å². The van der Waals surface area contributed by atoms with Crippen LogP contribution in [0.25, 0.3) is 0 Å². The molecule has 104 valence electrons. The minimum absolute atomic E-state index is 0.0357. The number of rotatable bonds is 3. The van der Waals surface area contributed by atoms with E-state index in [1.807, 2.05) is 23.1 Å². The van der Waals surface area contributed by atoms with E-state index in [0.29, 0.717) is 12.5 Å². The summed E-state index contributed by atoms with van der Waals surface area (Å²) in [5, 5.41) is 2.86. The van der Waals surface area contributed by atoms with Crippen molar-refractivity contribution >= 4 is 6.03 Å². The molecule has 0 spiro atoms. The van der Waals surface area contributed by atoms with Crippen LogP contribution in [0.15, 0.2) is 47.4 Å². The number of nitrogens with zero attached hydrogens (tertiary/aromatic N) is 2. The number of nitrogens with one attached hydrogen (secondary N) is 1. The normalized spacial score (nSPS) is 18.2. The highest BCUT2D eigenvalue weighted by atomic mass is 16.3. The Hall–Kier alpha value is -2.30. The summed E-state index contributed by atoms with van der Waals surface area (Å²) < 4.78 is 4.87. The van der Waals surface area contributed by atoms with Gasteiger partial charge >= 0.3 is 6.03 Å². The van der Waals surface area contributed by atoms with Crippen LogP contribution in [0.3, 0.4) is 0 Å². The number of aromatic nitrogens is 1. The summed E-state index contributed by atoms with van der Waals surface area (Å²) >= 11 is 0. The van der Waals surface area contributed by atoms with Gasteiger partial charge in [0.2, 0.25) is 0 Å². The number of likely N-dealkylation sites (tertiary alicyclic amines) is 1. The second-order valence-corrected chi connectivity index (χ2v) is 4.98. The van der Waals surface area contributed by atoms with E-state index in [9.17, 15) is 4.79 Å². The van der Waals surface area contributed by atoms with Crippen molar-refractivity contribution < 1.29 is 9.21 Å². The van der Waals surface area contributed by atoms with Crippen molar-refractivity contribution in [2.75, 3.05) is 13.1 Å². The maximum atomic E-state index is 12.1. The summed E-state index contributed by atoms with van der Waals surface area (Å²) in [4.78, 5) is 17.9. The van der Waals surface area contributed by atoms with E-state index in [4.69, 9.17) is 4.42 Å². The number of hydrogen-bond donors (Lipinski definition) is 1. The average Bonchev–Trinajstić information content (AvgIpc) is 3.17. The number of urea groups is 1. The first-order valence-electron chi connectivity index (χ1n) is 6.78. The molecule has 2 amide bonds. The summed E-state index contributed by atoms with van der Waals surface area (Å²) in [6.07, 6.45) is 3.92. The van der Waals surface area contributed by atoms with Crippen molar-refractivity contribution in [3.05, 3.63) is 54.2 Å². The van der Waals surface area contributed by atoms with Crippen molar-refractivity contribution in [1.82, 2.24) is 15.2 Å². The van der Waals surface area contributed by atoms with Gasteiger partial charge in [0.25, 0.3) is 0 Å². The molecule has 0 aliphatic carbocycles. The second kappa shape index (κ2) is 5.77. The van der Waals surface area contributed by atoms with Gasteiger partial charge in [-0.3, -0.25) is 0 Å². The van der Waals surface area contributed by atoms with E-state index in [1.165, 1.54) is 18.2 Å². The van der Waals surface area contributed by atoms with Crippen LogP contribution in [-0.2, 0) is 6.54 Å². The van der Waals surface area contributed by atoms with Crippen LogP contribution in [-0.4, -0.2) is 29.0 Å². The SMILES string of the molecule is O=C(NCc1cocn1)N1CCC(c2ccccc2)C1. The molecule has 1 saturated heterocycles. The highest BCUT2D eigenvalue weighted by molar-refractivity contribution is 5.74. The molecule has 1 aliphatic rings. The first kappa shape index (κ1) is 12.7. The summed E-state index contributed by atoms with van der Waals surface area (Å²) in [6.45, 7) is 1.97. The Bertz CT molecular complexity index is 554. The summed E-state index contributed by atoms with van der Waals surface area (Å²) in [7, 11) is 0. The predicted octanol–water partition coefficient (Wildman–Crippen LogP) is 2.37. The van der Waals surface area contributed by atoms with Gasteiger partial charge in [-0.1, -0.05) is 30.3 Å². The average molecular weight is 271 g/mol. The van der Waals surface area contributed by atoms with Crippen LogP contribution in [0.5, 0.6) is 0 Å². The fourth-order valence-electron chi connectivity index (χ4n) is 2.54. The van der Waals surface area contributed by atoms with Crippen LogP contribution < -0.4 is 5.32 Å². The molecule has 0 bridgehead atoms. The Morgan fingerprint density at radius 1 is 1.40 bits per heavy atom. The lowest BCUT2D eigenvalue weighted by Crippen LogP contribution is -2.38. The van der Waals surface area contributed by atoms with Crippen LogP contribution >= 0.6 is 0 Å². The zero-order valence-electron chi connectivity index (χ0n) is 11.2. The van der Waals surface area contributed by atoms with Crippen molar-refractivity contribution in [3.63, 3.8) is 0 Å². The molecule has 20 heavy (non-hydrogen) atoms. The maximum absolute atomic E-state index is 12.1. The highest BCUT2D eigenvalue weighted by Crippen LogP contribution is 2.26. The van der Waals surface area contributed by atoms with Crippen LogP contribution in [0.1, 0.15) is 23.6 Å². The van der Waals surface area contributed by atoms with Gasteiger partial charge in [0.05, 0.1) is 12.2 Å². The highest BCUT2D eigenvalue weighted by Gasteiger charge is 2.26. The minimum atomic E-state index is -0.0357. The zero-order chi connectivity index (χ0) is 13.8. The van der Waals surface area contributed by atoms with Gasteiger partial charge in [-0.25, -0.2) is 9.78 Å². The van der Waals surface area contributed by atoms with Gasteiger partial charge in [-0.2, -0.15) is 0 Å². The molecule has 5 nitrogen and oxygen atoms in total. The smallest absolute Gasteiger partial charge is 0.317 e. The van der Waals surface area contributed by atoms with Crippen LogP contribution in [0.2, 0.25) is 0 Å². The molecule has 1 unspecified atom stereocenters. The Kier molecular flexibility index (Phi) is 3.67. The lowest BCUT2D eigenvalue weighted by atomic mass is 9.99. The third kappa shape index (κ3) is 2.82. The molecular weight excluding hydrogens is 254 g/mol. The molecule has 0 saturated carbocycles. The topological polar surface area (TPSA) is 58.4 Å². The van der Waals surface area contributed by atoms with E-state index in [1.54, 1.807) is 0 Å². The number of carbonyl (C=O) groups excluding carboxylic acids is 1. The summed E-state index contributed by atoms with van der Waals surface area (Å²) in [5.74, 6) is 0.439. The Morgan fingerprint density at radius 2 is 2.25 bits per heavy atom. The number of amides is 2. The Morgan fingerprint density at radius 3 is 3.00 bits per heavy atom. The molecular formula is C15H17N3O2. The van der Waals surface area contributed by atoms with Crippen molar-refractivity contribution in [1.29, 1.82) is 0 Å². The molecule has 1 atom stereocenters. The molecule has 1 N–H and O–H groups in total. The van der Waals surface area contributed by atoms with Crippen molar-refractivity contribution in [2.45, 2.75) is 18.9 Å². The van der Waals surface area contributed by atoms with Gasteiger partial charge in [0, 0.05) is 19.0 Å². The standard InChI is InChI=1S/C15H17N3O2/c19-15(16-8-14-10-20-11-17-14)18-7-6-13(9-18)12-4-2-1-3-5-12/h1-5,10-11,13H,6-9H2,(H,16,19). The number of carbonyl (C=O) groups is 1. The Labute approximate surface area is 117 Å². The number of benzene rings is 1. The first-order valence-corrected chi connectivity index (χ1v) is 6.78. The maximum Gasteiger partial charge on any atom is 0.317 e. The van der Waals surface area contributed by atoms with E-state index in [0.717, 1.165) is 25.2 Å². The molecule has 1 fully saturated rings. The van der Waals surface area contributed by atoms with E-state index < -0.39 is 0 Å². The molecule has 1 aromatic heterocycles. The largest absolute Gasteiger partial charge is 0.451 e. The molecule has 5 heteroatoms. The van der Waals surface area contributed by atoms with Crippen LogP contribution in [0.4, 0.5) is 4.79 Å². The third-order valence-electron chi connectivity index (χ3n) is 3.65. The van der Waals surface area contributed by atoms with E-state index in [-0.39, 0.29) is 6.03 Å². The molecule has 0 radical (unpaired) electrons. The monoisotopic (exact) mass is 271 g/mol. The van der Waals surface area contributed by atoms with Gasteiger partial charge < -0.3 is 14.6 Å². The third-order valence-corrected chi connectivity index (χ3v) is 3.65. The molecule has 1 aromatic carbocycles. The predicted molar refractivity (Wildman–Crippen MR) is 74.1 cm³/mol. The first-order chi connectivity index (χ1) is 9.83. The summed E-state index contributed by atoms with van der Waals surface area (Å²) in [5.41, 5.74) is 2.04. The molecule has 1 aliphatic heterocycles. The van der Waals surface area contributed by atoms with Gasteiger partial charge in [0.15, 0.2) is 6.39 Å². The van der Waals surface area contributed by atoms with Crippen molar-refractivity contribution in [2.24, 2.45) is 0 Å². The van der Waals surface area contributed by atoms with E-state index in [2.05, 4.69) is 22.4 Å². The number of oxazole rings is 1.